The zero-order chi connectivity index (χ0) is 25.2. The molecule has 1 N–H and O–H groups in total. The van der Waals surface area contributed by atoms with Crippen LogP contribution in [0.15, 0.2) is 76.5 Å². The molecule has 0 aliphatic rings. The summed E-state index contributed by atoms with van der Waals surface area (Å²) in [5.41, 5.74) is 2.97. The van der Waals surface area contributed by atoms with Crippen LogP contribution in [0.5, 0.6) is 0 Å². The number of halogens is 1. The normalized spacial score (nSPS) is 11.0. The molecule has 3 aromatic heterocycles. The molecule has 0 spiro atoms. The predicted octanol–water partition coefficient (Wildman–Crippen LogP) is 7.10. The number of carbonyl (C=O) groups excluding carboxylic acids is 2. The van der Waals surface area contributed by atoms with Gasteiger partial charge in [0, 0.05) is 16.3 Å². The number of nitrogens with one attached hydrogen (secondary N) is 1. The standard InChI is InChI=1S/C28H21FN2O4S/c1-3-34-28(33)25-21(17-9-11-18(29)12-10-17)15-36-27(25)31-26(32)20-14-23(24-13-8-16(2)35-24)30-22-7-5-4-6-19(20)22/h4-15H,3H2,1-2H3,(H,31,32). The topological polar surface area (TPSA) is 81.4 Å². The first-order chi connectivity index (χ1) is 17.4. The summed E-state index contributed by atoms with van der Waals surface area (Å²) < 4.78 is 24.5. The Labute approximate surface area is 210 Å². The maximum atomic E-state index is 13.6. The number of nitrogens with zero attached hydrogens (tertiary/aromatic N) is 1. The second kappa shape index (κ2) is 9.75. The van der Waals surface area contributed by atoms with Crippen molar-refractivity contribution in [3.05, 3.63) is 94.8 Å². The lowest BCUT2D eigenvalue weighted by molar-refractivity contribution is 0.0529. The monoisotopic (exact) mass is 500 g/mol. The lowest BCUT2D eigenvalue weighted by Gasteiger charge is -2.11. The third kappa shape index (κ3) is 4.50. The number of esters is 1. The minimum Gasteiger partial charge on any atom is -0.462 e. The van der Waals surface area contributed by atoms with E-state index in [4.69, 9.17) is 9.15 Å². The summed E-state index contributed by atoms with van der Waals surface area (Å²) in [6.07, 6.45) is 0. The summed E-state index contributed by atoms with van der Waals surface area (Å²) in [6, 6.07) is 18.4. The van der Waals surface area contributed by atoms with Gasteiger partial charge in [0.1, 0.15) is 27.8 Å². The number of fused-ring (bicyclic) bond motifs is 1. The molecule has 6 nitrogen and oxygen atoms in total. The molecule has 0 aliphatic carbocycles. The van der Waals surface area contributed by atoms with E-state index in [0.717, 1.165) is 5.76 Å². The Balaban J connectivity index is 1.57. The highest BCUT2D eigenvalue weighted by Gasteiger charge is 2.24. The van der Waals surface area contributed by atoms with E-state index < -0.39 is 11.9 Å². The van der Waals surface area contributed by atoms with Crippen molar-refractivity contribution in [2.24, 2.45) is 0 Å². The van der Waals surface area contributed by atoms with Crippen molar-refractivity contribution in [3.63, 3.8) is 0 Å². The molecule has 0 saturated heterocycles. The number of amides is 1. The van der Waals surface area contributed by atoms with Gasteiger partial charge in [-0.25, -0.2) is 14.2 Å². The Hall–Kier alpha value is -4.30. The van der Waals surface area contributed by atoms with Gasteiger partial charge in [-0.3, -0.25) is 4.79 Å². The van der Waals surface area contributed by atoms with Crippen molar-refractivity contribution in [2.75, 3.05) is 11.9 Å². The Kier molecular flexibility index (Phi) is 6.35. The molecule has 0 unspecified atom stereocenters. The number of rotatable bonds is 6. The molecule has 5 aromatic rings. The number of aryl methyl sites for hydroxylation is 1. The van der Waals surface area contributed by atoms with Crippen molar-refractivity contribution >= 4 is 39.1 Å². The van der Waals surface area contributed by atoms with E-state index in [1.165, 1.54) is 23.5 Å². The fraction of sp³-hybridized carbons (Fsp3) is 0.107. The minimum atomic E-state index is -0.570. The first kappa shape index (κ1) is 23.4. The smallest absolute Gasteiger partial charge is 0.341 e. The Morgan fingerprint density at radius 2 is 1.86 bits per heavy atom. The third-order valence-electron chi connectivity index (χ3n) is 5.61. The summed E-state index contributed by atoms with van der Waals surface area (Å²) in [6.45, 7) is 3.72. The lowest BCUT2D eigenvalue weighted by Crippen LogP contribution is -2.15. The fourth-order valence-corrected chi connectivity index (χ4v) is 4.88. The molecule has 0 saturated carbocycles. The number of aromatic nitrogens is 1. The first-order valence-electron chi connectivity index (χ1n) is 11.3. The number of furan rings is 1. The average Bonchev–Trinajstić information content (AvgIpc) is 3.50. The summed E-state index contributed by atoms with van der Waals surface area (Å²) >= 11 is 1.20. The molecule has 0 fully saturated rings. The predicted molar refractivity (Wildman–Crippen MR) is 138 cm³/mol. The zero-order valence-corrected chi connectivity index (χ0v) is 20.3. The van der Waals surface area contributed by atoms with Gasteiger partial charge in [-0.05, 0) is 55.8 Å². The zero-order valence-electron chi connectivity index (χ0n) is 19.5. The van der Waals surface area contributed by atoms with Gasteiger partial charge in [-0.15, -0.1) is 11.3 Å². The molecular weight excluding hydrogens is 479 g/mol. The van der Waals surface area contributed by atoms with Crippen LogP contribution in [0.25, 0.3) is 33.5 Å². The molecule has 3 heterocycles. The van der Waals surface area contributed by atoms with Gasteiger partial charge in [0.25, 0.3) is 5.91 Å². The molecule has 0 bridgehead atoms. The molecule has 2 aromatic carbocycles. The van der Waals surface area contributed by atoms with Crippen molar-refractivity contribution < 1.29 is 23.1 Å². The quantitative estimate of drug-likeness (QED) is 0.252. The number of ether oxygens (including phenoxy) is 1. The molecule has 0 radical (unpaired) electrons. The molecule has 5 rings (SSSR count). The van der Waals surface area contributed by atoms with Crippen molar-refractivity contribution in [3.8, 4) is 22.6 Å². The maximum absolute atomic E-state index is 13.6. The highest BCUT2D eigenvalue weighted by Crippen LogP contribution is 2.37. The van der Waals surface area contributed by atoms with Gasteiger partial charge in [-0.2, -0.15) is 0 Å². The second-order valence-corrected chi connectivity index (χ2v) is 8.90. The second-order valence-electron chi connectivity index (χ2n) is 8.02. The molecule has 180 valence electrons. The molecular formula is C28H21FN2O4S. The number of para-hydroxylation sites is 1. The number of carbonyl (C=O) groups is 2. The number of pyridine rings is 1. The summed E-state index contributed by atoms with van der Waals surface area (Å²) in [4.78, 5) is 31.1. The van der Waals surface area contributed by atoms with Crippen LogP contribution in [0, 0.1) is 12.7 Å². The number of benzene rings is 2. The van der Waals surface area contributed by atoms with Crippen LogP contribution in [0.1, 0.15) is 33.4 Å². The van der Waals surface area contributed by atoms with Gasteiger partial charge in [-0.1, -0.05) is 30.3 Å². The van der Waals surface area contributed by atoms with E-state index in [1.807, 2.05) is 37.3 Å². The highest BCUT2D eigenvalue weighted by molar-refractivity contribution is 7.15. The summed E-state index contributed by atoms with van der Waals surface area (Å²) in [7, 11) is 0. The summed E-state index contributed by atoms with van der Waals surface area (Å²) in [5, 5.41) is 5.64. The first-order valence-corrected chi connectivity index (χ1v) is 12.1. The van der Waals surface area contributed by atoms with Crippen LogP contribution in [-0.4, -0.2) is 23.5 Å². The SMILES string of the molecule is CCOC(=O)c1c(-c2ccc(F)cc2)csc1NC(=O)c1cc(-c2ccc(C)o2)nc2ccccc12. The van der Waals surface area contributed by atoms with Gasteiger partial charge in [0.15, 0.2) is 5.76 Å². The van der Waals surface area contributed by atoms with Crippen LogP contribution in [0.2, 0.25) is 0 Å². The van der Waals surface area contributed by atoms with Crippen LogP contribution in [0.3, 0.4) is 0 Å². The third-order valence-corrected chi connectivity index (χ3v) is 6.50. The van der Waals surface area contributed by atoms with E-state index in [9.17, 15) is 14.0 Å². The number of thiophene rings is 1. The van der Waals surface area contributed by atoms with Gasteiger partial charge >= 0.3 is 5.97 Å². The number of anilines is 1. The van der Waals surface area contributed by atoms with E-state index in [-0.39, 0.29) is 18.0 Å². The van der Waals surface area contributed by atoms with Gasteiger partial charge in [0.05, 0.1) is 17.7 Å². The van der Waals surface area contributed by atoms with Crippen molar-refractivity contribution in [2.45, 2.75) is 13.8 Å². The van der Waals surface area contributed by atoms with Crippen LogP contribution >= 0.6 is 11.3 Å². The van der Waals surface area contributed by atoms with E-state index in [2.05, 4.69) is 10.3 Å². The Morgan fingerprint density at radius 3 is 2.58 bits per heavy atom. The van der Waals surface area contributed by atoms with E-state index in [0.29, 0.717) is 44.0 Å². The molecule has 0 atom stereocenters. The van der Waals surface area contributed by atoms with Crippen molar-refractivity contribution in [1.82, 2.24) is 4.98 Å². The fourth-order valence-electron chi connectivity index (χ4n) is 3.93. The highest BCUT2D eigenvalue weighted by atomic mass is 32.1. The summed E-state index contributed by atoms with van der Waals surface area (Å²) in [5.74, 6) is -0.0746. The molecule has 36 heavy (non-hydrogen) atoms. The largest absolute Gasteiger partial charge is 0.462 e. The number of hydrogen-bond donors (Lipinski definition) is 1. The molecule has 8 heteroatoms. The van der Waals surface area contributed by atoms with E-state index >= 15 is 0 Å². The molecule has 0 aliphatic heterocycles. The number of hydrogen-bond acceptors (Lipinski definition) is 6. The van der Waals surface area contributed by atoms with Crippen LogP contribution < -0.4 is 5.32 Å². The van der Waals surface area contributed by atoms with Crippen LogP contribution in [-0.2, 0) is 4.74 Å². The minimum absolute atomic E-state index is 0.172. The van der Waals surface area contributed by atoms with Crippen molar-refractivity contribution in [1.29, 1.82) is 0 Å². The van der Waals surface area contributed by atoms with E-state index in [1.54, 1.807) is 36.6 Å². The van der Waals surface area contributed by atoms with Gasteiger partial charge in [0.2, 0.25) is 0 Å². The average molecular weight is 501 g/mol. The molecule has 1 amide bonds. The maximum Gasteiger partial charge on any atom is 0.341 e. The Bertz CT molecular complexity index is 1590. The Morgan fingerprint density at radius 1 is 1.08 bits per heavy atom. The lowest BCUT2D eigenvalue weighted by atomic mass is 10.0. The van der Waals surface area contributed by atoms with Gasteiger partial charge < -0.3 is 14.5 Å². The van der Waals surface area contributed by atoms with Crippen LogP contribution in [0.4, 0.5) is 9.39 Å².